The Morgan fingerprint density at radius 3 is 2.61 bits per heavy atom. The molecule has 1 heterocycles. The normalized spacial score (nSPS) is 28.9. The number of carbonyl (C=O) groups excluding carboxylic acids is 1. The molecule has 3 rings (SSSR count). The van der Waals surface area contributed by atoms with E-state index in [9.17, 15) is 4.79 Å². The van der Waals surface area contributed by atoms with E-state index in [1.54, 1.807) is 11.9 Å². The second-order valence-corrected chi connectivity index (χ2v) is 15.7. The van der Waals surface area contributed by atoms with Crippen LogP contribution >= 0.6 is 15.9 Å². The van der Waals surface area contributed by atoms with Crippen molar-refractivity contribution in [3.63, 3.8) is 0 Å². The van der Waals surface area contributed by atoms with E-state index in [0.29, 0.717) is 12.6 Å². The maximum atomic E-state index is 13.6. The first-order valence-corrected chi connectivity index (χ1v) is 13.7. The molecule has 1 aliphatic heterocycles. The fourth-order valence-corrected chi connectivity index (χ4v) is 5.51. The van der Waals surface area contributed by atoms with Gasteiger partial charge < -0.3 is 9.33 Å². The van der Waals surface area contributed by atoms with Crippen molar-refractivity contribution < 1.29 is 9.22 Å². The first-order chi connectivity index (χ1) is 12.8. The number of rotatable bonds is 3. The van der Waals surface area contributed by atoms with E-state index in [-0.39, 0.29) is 10.9 Å². The highest BCUT2D eigenvalue weighted by molar-refractivity contribution is 9.10. The van der Waals surface area contributed by atoms with Crippen molar-refractivity contribution in [3.05, 3.63) is 33.8 Å². The molecule has 1 saturated heterocycles. The van der Waals surface area contributed by atoms with Crippen molar-refractivity contribution in [2.75, 3.05) is 13.8 Å². The summed E-state index contributed by atoms with van der Waals surface area (Å²) in [6, 6.07) is 6.30. The van der Waals surface area contributed by atoms with E-state index in [4.69, 9.17) is 10.2 Å². The van der Waals surface area contributed by atoms with E-state index in [1.165, 1.54) is 5.56 Å². The molecule has 156 valence electrons. The molecule has 0 saturated carbocycles. The first-order valence-electron chi connectivity index (χ1n) is 10.0. The number of fused-ring (bicyclic) bond motifs is 2. The predicted octanol–water partition coefficient (Wildman–Crippen LogP) is 4.22. The molecule has 0 aromatic heterocycles. The second kappa shape index (κ2) is 7.20. The minimum atomic E-state index is -1.98. The minimum absolute atomic E-state index is 0.0738. The Hall–Kier alpha value is -0.733. The van der Waals surface area contributed by atoms with Gasteiger partial charge in [0.15, 0.2) is 8.32 Å². The standard InChI is InChI=1S/C21H34BrN3O2Si/c1-14-10-15-8-9-16(22)11-17(15)21(12-14)18(26)24(5)19(23)25(21)13-27-28(6,7)20(2,3)4/h8-9,11,14,19H,10,12-13,23H2,1-7H3/t14-,19?,21-/m1/s1. The fraction of sp³-hybridized carbons (Fsp3) is 0.667. The van der Waals surface area contributed by atoms with Crippen molar-refractivity contribution in [1.82, 2.24) is 9.80 Å². The van der Waals surface area contributed by atoms with Gasteiger partial charge in [-0.05, 0) is 60.2 Å². The summed E-state index contributed by atoms with van der Waals surface area (Å²) in [5.74, 6) is 0.469. The second-order valence-electron chi connectivity index (χ2n) is 10.0. The van der Waals surface area contributed by atoms with Crippen LogP contribution in [0.1, 0.15) is 45.2 Å². The van der Waals surface area contributed by atoms with Crippen LogP contribution in [-0.2, 0) is 21.2 Å². The molecule has 1 spiro atoms. The van der Waals surface area contributed by atoms with Gasteiger partial charge in [-0.15, -0.1) is 0 Å². The molecule has 7 heteroatoms. The number of nitrogens with two attached hydrogens (primary N) is 1. The molecule has 1 unspecified atom stereocenters. The number of hydrogen-bond donors (Lipinski definition) is 1. The lowest BCUT2D eigenvalue weighted by Gasteiger charge is -2.45. The van der Waals surface area contributed by atoms with Gasteiger partial charge in [-0.2, -0.15) is 0 Å². The lowest BCUT2D eigenvalue weighted by Crippen LogP contribution is -2.56. The number of likely N-dealkylation sites (N-methyl/N-ethyl adjacent to an activating group) is 1. The topological polar surface area (TPSA) is 58.8 Å². The van der Waals surface area contributed by atoms with Crippen molar-refractivity contribution in [3.8, 4) is 0 Å². The van der Waals surface area contributed by atoms with Gasteiger partial charge in [-0.3, -0.25) is 10.5 Å². The number of benzene rings is 1. The van der Waals surface area contributed by atoms with Crippen LogP contribution in [-0.4, -0.2) is 44.1 Å². The van der Waals surface area contributed by atoms with Gasteiger partial charge in [0.25, 0.3) is 0 Å². The lowest BCUT2D eigenvalue weighted by atomic mass is 9.71. The van der Waals surface area contributed by atoms with E-state index in [0.717, 1.165) is 22.9 Å². The van der Waals surface area contributed by atoms with Gasteiger partial charge in [0.2, 0.25) is 5.91 Å². The van der Waals surface area contributed by atoms with Crippen LogP contribution in [0.15, 0.2) is 22.7 Å². The highest BCUT2D eigenvalue weighted by atomic mass is 79.9. The molecule has 0 radical (unpaired) electrons. The Kier molecular flexibility index (Phi) is 5.65. The van der Waals surface area contributed by atoms with Crippen LogP contribution in [0.4, 0.5) is 0 Å². The van der Waals surface area contributed by atoms with Crippen molar-refractivity contribution in [1.29, 1.82) is 0 Å². The third kappa shape index (κ3) is 3.39. The highest BCUT2D eigenvalue weighted by Crippen LogP contribution is 2.49. The third-order valence-electron chi connectivity index (χ3n) is 6.98. The molecule has 1 aromatic carbocycles. The van der Waals surface area contributed by atoms with Crippen LogP contribution in [0.2, 0.25) is 18.1 Å². The average molecular weight is 469 g/mol. The molecule has 2 N–H and O–H groups in total. The predicted molar refractivity (Wildman–Crippen MR) is 119 cm³/mol. The van der Waals surface area contributed by atoms with E-state index >= 15 is 0 Å². The molecule has 0 bridgehead atoms. The summed E-state index contributed by atoms with van der Waals surface area (Å²) in [5, 5.41) is 0.0979. The van der Waals surface area contributed by atoms with Gasteiger partial charge in [-0.1, -0.05) is 49.7 Å². The first kappa shape index (κ1) is 22.0. The molecule has 28 heavy (non-hydrogen) atoms. The average Bonchev–Trinajstić information content (AvgIpc) is 2.75. The number of carbonyl (C=O) groups is 1. The van der Waals surface area contributed by atoms with E-state index < -0.39 is 20.1 Å². The van der Waals surface area contributed by atoms with Crippen molar-refractivity contribution in [2.45, 2.75) is 70.5 Å². The molecular weight excluding hydrogens is 434 g/mol. The molecular formula is C21H34BrN3O2Si. The molecule has 3 atom stereocenters. The van der Waals surface area contributed by atoms with E-state index in [2.05, 4.69) is 79.8 Å². The highest BCUT2D eigenvalue weighted by Gasteiger charge is 2.59. The Morgan fingerprint density at radius 1 is 1.36 bits per heavy atom. The maximum Gasteiger partial charge on any atom is 0.249 e. The Balaban J connectivity index is 2.07. The maximum absolute atomic E-state index is 13.6. The molecule has 1 fully saturated rings. The fourth-order valence-electron chi connectivity index (χ4n) is 4.25. The summed E-state index contributed by atoms with van der Waals surface area (Å²) < 4.78 is 7.53. The molecule has 2 aliphatic rings. The summed E-state index contributed by atoms with van der Waals surface area (Å²) >= 11 is 3.60. The van der Waals surface area contributed by atoms with Crippen LogP contribution in [0.25, 0.3) is 0 Å². The van der Waals surface area contributed by atoms with Gasteiger partial charge in [0.1, 0.15) is 11.8 Å². The summed E-state index contributed by atoms with van der Waals surface area (Å²) in [7, 11) is -0.178. The van der Waals surface area contributed by atoms with Gasteiger partial charge in [0, 0.05) is 11.5 Å². The van der Waals surface area contributed by atoms with E-state index in [1.807, 2.05) is 0 Å². The monoisotopic (exact) mass is 467 g/mol. The summed E-state index contributed by atoms with van der Waals surface area (Å²) in [6.45, 7) is 13.7. The number of hydrogen-bond acceptors (Lipinski definition) is 4. The number of nitrogens with zero attached hydrogens (tertiary/aromatic N) is 2. The Morgan fingerprint density at radius 2 is 2.00 bits per heavy atom. The Bertz CT molecular complexity index is 779. The summed E-state index contributed by atoms with van der Waals surface area (Å²) in [6.07, 6.45) is 1.25. The Labute approximate surface area is 178 Å². The number of amides is 1. The van der Waals surface area contributed by atoms with Crippen LogP contribution < -0.4 is 5.73 Å². The van der Waals surface area contributed by atoms with Crippen molar-refractivity contribution in [2.24, 2.45) is 11.7 Å². The lowest BCUT2D eigenvalue weighted by molar-refractivity contribution is -0.135. The largest absolute Gasteiger partial charge is 0.404 e. The van der Waals surface area contributed by atoms with Crippen LogP contribution in [0, 0.1) is 5.92 Å². The SMILES string of the molecule is C[C@@H]1Cc2ccc(Br)cc2[C@]2(C1)C(=O)N(C)C(N)N2CO[Si](C)(C)C(C)(C)C. The zero-order chi connectivity index (χ0) is 21.1. The quantitative estimate of drug-likeness (QED) is 0.675. The molecule has 1 aliphatic carbocycles. The minimum Gasteiger partial charge on any atom is -0.404 e. The smallest absolute Gasteiger partial charge is 0.249 e. The van der Waals surface area contributed by atoms with Crippen LogP contribution in [0.5, 0.6) is 0 Å². The molecule has 5 nitrogen and oxygen atoms in total. The zero-order valence-electron chi connectivity index (χ0n) is 18.2. The van der Waals surface area contributed by atoms with Gasteiger partial charge in [0.05, 0.1) is 6.73 Å². The van der Waals surface area contributed by atoms with Gasteiger partial charge in [-0.25, -0.2) is 4.90 Å². The molecule has 1 aromatic rings. The third-order valence-corrected chi connectivity index (χ3v) is 11.9. The van der Waals surface area contributed by atoms with Gasteiger partial charge >= 0.3 is 0 Å². The zero-order valence-corrected chi connectivity index (χ0v) is 20.8. The summed E-state index contributed by atoms with van der Waals surface area (Å²) in [5.41, 5.74) is 8.10. The summed E-state index contributed by atoms with van der Waals surface area (Å²) in [4.78, 5) is 17.4. The van der Waals surface area contributed by atoms with Crippen molar-refractivity contribution >= 4 is 30.2 Å². The molecule has 1 amide bonds. The number of halogens is 1. The van der Waals surface area contributed by atoms with Crippen LogP contribution in [0.3, 0.4) is 0 Å².